The monoisotopic (exact) mass is 472 g/mol. The van der Waals surface area contributed by atoms with E-state index in [1.54, 1.807) is 18.2 Å². The van der Waals surface area contributed by atoms with Crippen LogP contribution in [0, 0.1) is 17.2 Å². The Morgan fingerprint density at radius 3 is 2.59 bits per heavy atom. The third-order valence-corrected chi connectivity index (χ3v) is 4.75. The molecule has 11 heteroatoms. The predicted octanol–water partition coefficient (Wildman–Crippen LogP) is 1.53. The number of hydrogen-bond acceptors (Lipinski definition) is 8. The fraction of sp³-hybridized carbons (Fsp3) is 0.478. The van der Waals surface area contributed by atoms with Gasteiger partial charge in [0.15, 0.2) is 5.69 Å². The second-order valence-electron chi connectivity index (χ2n) is 8.38. The number of benzene rings is 1. The summed E-state index contributed by atoms with van der Waals surface area (Å²) in [6, 6.07) is 6.90. The summed E-state index contributed by atoms with van der Waals surface area (Å²) in [5.41, 5.74) is 5.53. The largest absolute Gasteiger partial charge is 0.489 e. The lowest BCUT2D eigenvalue weighted by Gasteiger charge is -2.25. The molecule has 34 heavy (non-hydrogen) atoms. The Hall–Kier alpha value is -3.78. The van der Waals surface area contributed by atoms with Gasteiger partial charge in [-0.2, -0.15) is 5.26 Å². The Morgan fingerprint density at radius 1 is 1.29 bits per heavy atom. The summed E-state index contributed by atoms with van der Waals surface area (Å²) < 4.78 is 12.1. The van der Waals surface area contributed by atoms with Crippen molar-refractivity contribution in [3.05, 3.63) is 44.6 Å². The summed E-state index contributed by atoms with van der Waals surface area (Å²) in [5.74, 6) is -0.0208. The molecule has 1 amide bonds. The van der Waals surface area contributed by atoms with Gasteiger partial charge >= 0.3 is 5.69 Å². The number of nitrogens with one attached hydrogen (secondary N) is 2. The first-order valence-corrected chi connectivity index (χ1v) is 11.0. The fourth-order valence-corrected chi connectivity index (χ4v) is 3.29. The second-order valence-corrected chi connectivity index (χ2v) is 8.38. The van der Waals surface area contributed by atoms with E-state index in [0.717, 1.165) is 0 Å². The van der Waals surface area contributed by atoms with E-state index in [4.69, 9.17) is 15.2 Å². The third-order valence-electron chi connectivity index (χ3n) is 4.75. The van der Waals surface area contributed by atoms with Crippen LogP contribution < -0.4 is 31.9 Å². The highest BCUT2D eigenvalue weighted by Crippen LogP contribution is 2.27. The van der Waals surface area contributed by atoms with Gasteiger partial charge in [-0.3, -0.25) is 19.1 Å². The van der Waals surface area contributed by atoms with Crippen LogP contribution in [0.25, 0.3) is 0 Å². The van der Waals surface area contributed by atoms with Crippen molar-refractivity contribution in [2.75, 3.05) is 42.8 Å². The van der Waals surface area contributed by atoms with Gasteiger partial charge in [-0.1, -0.05) is 13.8 Å². The van der Waals surface area contributed by atoms with Crippen molar-refractivity contribution in [1.29, 1.82) is 5.26 Å². The van der Waals surface area contributed by atoms with Crippen LogP contribution in [0.3, 0.4) is 0 Å². The second kappa shape index (κ2) is 11.9. The number of aromatic nitrogens is 2. The number of amides is 1. The Labute approximate surface area is 198 Å². The standard InChI is InChI=1S/C23H32N6O5/c1-14(2)13-29-21(25)20(22(31)27-23(29)32)28(8-9-33-5)19(30)12-26-17-10-16(11-24)6-7-18(17)34-15(3)4/h6-7,10,14-15,26H,8-9,12-13,25H2,1-5H3,(H,27,31,32). The van der Waals surface area contributed by atoms with E-state index in [-0.39, 0.29) is 49.8 Å². The molecular weight excluding hydrogens is 440 g/mol. The number of methoxy groups -OCH3 is 1. The number of nitriles is 1. The van der Waals surface area contributed by atoms with Crippen LogP contribution in [0.15, 0.2) is 27.8 Å². The number of nitrogens with zero attached hydrogens (tertiary/aromatic N) is 3. The van der Waals surface area contributed by atoms with Crippen LogP contribution in [-0.2, 0) is 16.1 Å². The lowest BCUT2D eigenvalue weighted by atomic mass is 10.2. The van der Waals surface area contributed by atoms with Crippen molar-refractivity contribution in [3.8, 4) is 11.8 Å². The molecule has 0 spiro atoms. The number of anilines is 3. The summed E-state index contributed by atoms with van der Waals surface area (Å²) in [6.45, 7) is 7.76. The Balaban J connectivity index is 2.41. The van der Waals surface area contributed by atoms with Crippen LogP contribution in [0.4, 0.5) is 17.2 Å². The minimum atomic E-state index is -0.762. The number of carbonyl (C=O) groups is 1. The van der Waals surface area contributed by atoms with E-state index in [9.17, 15) is 19.6 Å². The number of carbonyl (C=O) groups excluding carboxylic acids is 1. The minimum absolute atomic E-state index is 0.0394. The minimum Gasteiger partial charge on any atom is -0.489 e. The van der Waals surface area contributed by atoms with Gasteiger partial charge < -0.3 is 25.4 Å². The molecule has 0 fully saturated rings. The van der Waals surface area contributed by atoms with E-state index in [2.05, 4.69) is 16.4 Å². The van der Waals surface area contributed by atoms with Crippen molar-refractivity contribution in [3.63, 3.8) is 0 Å². The summed E-state index contributed by atoms with van der Waals surface area (Å²) in [5, 5.41) is 12.2. The zero-order valence-electron chi connectivity index (χ0n) is 20.2. The van der Waals surface area contributed by atoms with E-state index < -0.39 is 17.2 Å². The number of rotatable bonds is 11. The van der Waals surface area contributed by atoms with Gasteiger partial charge in [-0.05, 0) is 38.0 Å². The van der Waals surface area contributed by atoms with Crippen LogP contribution in [0.1, 0.15) is 33.3 Å². The molecular formula is C23H32N6O5. The van der Waals surface area contributed by atoms with Gasteiger partial charge in [-0.15, -0.1) is 0 Å². The average Bonchev–Trinajstić information content (AvgIpc) is 2.77. The van der Waals surface area contributed by atoms with Crippen molar-refractivity contribution >= 4 is 23.1 Å². The first-order chi connectivity index (χ1) is 16.1. The van der Waals surface area contributed by atoms with Crippen molar-refractivity contribution in [2.45, 2.75) is 40.3 Å². The maximum atomic E-state index is 13.2. The van der Waals surface area contributed by atoms with Crippen LogP contribution in [0.2, 0.25) is 0 Å². The fourth-order valence-electron chi connectivity index (χ4n) is 3.29. The smallest absolute Gasteiger partial charge is 0.330 e. The molecule has 2 aromatic rings. The van der Waals surface area contributed by atoms with Gasteiger partial charge in [0.2, 0.25) is 5.91 Å². The number of nitrogens with two attached hydrogens (primary N) is 1. The number of nitrogen functional groups attached to an aromatic ring is 1. The molecule has 1 aromatic heterocycles. The Morgan fingerprint density at radius 2 is 2.00 bits per heavy atom. The first-order valence-electron chi connectivity index (χ1n) is 11.0. The molecule has 1 aromatic carbocycles. The molecule has 2 rings (SSSR count). The molecule has 0 atom stereocenters. The highest BCUT2D eigenvalue weighted by Gasteiger charge is 2.24. The number of hydrogen-bond donors (Lipinski definition) is 3. The molecule has 1 heterocycles. The van der Waals surface area contributed by atoms with E-state index in [0.29, 0.717) is 17.0 Å². The molecule has 0 aliphatic heterocycles. The SMILES string of the molecule is COCCN(C(=O)CNc1cc(C#N)ccc1OC(C)C)c1c(N)n(CC(C)C)c(=O)[nH]c1=O. The summed E-state index contributed by atoms with van der Waals surface area (Å²) in [7, 11) is 1.47. The Bertz CT molecular complexity index is 1160. The quantitative estimate of drug-likeness (QED) is 0.444. The van der Waals surface area contributed by atoms with Crippen molar-refractivity contribution in [2.24, 2.45) is 5.92 Å². The molecule has 0 radical (unpaired) electrons. The zero-order valence-corrected chi connectivity index (χ0v) is 20.2. The number of ether oxygens (including phenoxy) is 2. The predicted molar refractivity (Wildman–Crippen MR) is 130 cm³/mol. The molecule has 0 aliphatic rings. The lowest BCUT2D eigenvalue weighted by Crippen LogP contribution is -2.44. The molecule has 4 N–H and O–H groups in total. The lowest BCUT2D eigenvalue weighted by molar-refractivity contribution is -0.117. The molecule has 0 saturated heterocycles. The average molecular weight is 473 g/mol. The normalized spacial score (nSPS) is 10.9. The molecule has 0 aliphatic carbocycles. The van der Waals surface area contributed by atoms with Gasteiger partial charge in [0.1, 0.15) is 11.6 Å². The van der Waals surface area contributed by atoms with Gasteiger partial charge in [0, 0.05) is 20.2 Å². The van der Waals surface area contributed by atoms with E-state index >= 15 is 0 Å². The molecule has 0 saturated carbocycles. The molecule has 184 valence electrons. The maximum absolute atomic E-state index is 13.2. The topological polar surface area (TPSA) is 155 Å². The van der Waals surface area contributed by atoms with E-state index in [1.165, 1.54) is 16.6 Å². The summed E-state index contributed by atoms with van der Waals surface area (Å²) >= 11 is 0. The van der Waals surface area contributed by atoms with Crippen LogP contribution in [0.5, 0.6) is 5.75 Å². The highest BCUT2D eigenvalue weighted by atomic mass is 16.5. The molecule has 0 bridgehead atoms. The van der Waals surface area contributed by atoms with Gasteiger partial charge in [0.05, 0.1) is 36.6 Å². The van der Waals surface area contributed by atoms with Crippen LogP contribution in [-0.4, -0.2) is 48.4 Å². The number of aromatic amines is 1. The maximum Gasteiger partial charge on any atom is 0.330 e. The summed E-state index contributed by atoms with van der Waals surface area (Å²) in [6.07, 6.45) is -0.122. The zero-order chi connectivity index (χ0) is 25.4. The molecule has 0 unspecified atom stereocenters. The molecule has 11 nitrogen and oxygen atoms in total. The first kappa shape index (κ1) is 26.5. The third kappa shape index (κ3) is 6.62. The van der Waals surface area contributed by atoms with E-state index in [1.807, 2.05) is 27.7 Å². The van der Waals surface area contributed by atoms with Gasteiger partial charge in [0.25, 0.3) is 5.56 Å². The summed E-state index contributed by atoms with van der Waals surface area (Å²) in [4.78, 5) is 41.7. The van der Waals surface area contributed by atoms with Crippen molar-refractivity contribution in [1.82, 2.24) is 9.55 Å². The number of H-pyrrole nitrogens is 1. The Kier molecular flexibility index (Phi) is 9.27. The van der Waals surface area contributed by atoms with Crippen LogP contribution >= 0.6 is 0 Å². The van der Waals surface area contributed by atoms with Crippen molar-refractivity contribution < 1.29 is 14.3 Å². The highest BCUT2D eigenvalue weighted by molar-refractivity contribution is 5.98. The van der Waals surface area contributed by atoms with Gasteiger partial charge in [-0.25, -0.2) is 4.79 Å².